The zero-order valence-electron chi connectivity index (χ0n) is 1.49. The van der Waals surface area contributed by atoms with Gasteiger partial charge in [0.25, 0.3) is 0 Å². The van der Waals surface area contributed by atoms with Crippen molar-refractivity contribution >= 4 is 21.6 Å². The summed E-state index contributed by atoms with van der Waals surface area (Å²) in [4.78, 5) is 0. The average molecular weight is 279 g/mol. The van der Waals surface area contributed by atoms with Crippen molar-refractivity contribution in [2.24, 2.45) is 0 Å². The van der Waals surface area contributed by atoms with Crippen LogP contribution in [0.1, 0.15) is 0 Å². The predicted octanol–water partition coefficient (Wildman–Crippen LogP) is -0.538. The topological polar surface area (TPSA) is 0 Å². The van der Waals surface area contributed by atoms with Crippen LogP contribution in [0, 0.1) is 44.2 Å². The van der Waals surface area contributed by atoms with Gasteiger partial charge in [-0.2, -0.15) is 0 Å². The Labute approximate surface area is 82.9 Å². The molecule has 0 aliphatic carbocycles. The van der Waals surface area contributed by atoms with E-state index in [9.17, 15) is 0 Å². The van der Waals surface area contributed by atoms with E-state index < -0.39 is 0 Å². The first-order valence-corrected chi connectivity index (χ1v) is 3.43. The smallest absolute Gasteiger partial charge is 0 e. The summed E-state index contributed by atoms with van der Waals surface area (Å²) in [6.07, 6.45) is 0. The van der Waals surface area contributed by atoms with Crippen LogP contribution < -0.4 is 0 Å². The maximum Gasteiger partial charge on any atom is 0 e. The molecule has 0 bridgehead atoms. The maximum absolute atomic E-state index is 4.14. The van der Waals surface area contributed by atoms with Crippen LogP contribution in [0.4, 0.5) is 0 Å². The molecule has 0 saturated heterocycles. The van der Waals surface area contributed by atoms with E-state index in [1.807, 2.05) is 0 Å². The van der Waals surface area contributed by atoms with E-state index in [4.69, 9.17) is 0 Å². The normalized spacial score (nSPS) is 1.00. The van der Waals surface area contributed by atoms with Gasteiger partial charge in [0, 0.05) is 19.5 Å². The van der Waals surface area contributed by atoms with Crippen molar-refractivity contribution in [2.45, 2.75) is 0 Å². The van der Waals surface area contributed by atoms with Gasteiger partial charge >= 0.3 is 48.4 Å². The maximum atomic E-state index is 4.14. The molecule has 0 saturated carbocycles. The summed E-state index contributed by atoms with van der Waals surface area (Å²) in [5.74, 6) is 0. The van der Waals surface area contributed by atoms with E-state index in [1.54, 1.807) is 0 Å². The molecule has 4 heteroatoms. The van der Waals surface area contributed by atoms with Crippen molar-refractivity contribution < 1.29 is 63.7 Å². The Hall–Kier alpha value is 2.96. The molecule has 21 valence electrons. The minimum absolute atomic E-state index is 0. The molecule has 0 rings (SSSR count). The second kappa shape index (κ2) is 16.7. The van der Waals surface area contributed by atoms with Crippen molar-refractivity contribution in [2.75, 3.05) is 0 Å². The minimum atomic E-state index is 0. The van der Waals surface area contributed by atoms with Crippen LogP contribution in [-0.4, -0.2) is 17.4 Å². The first kappa shape index (κ1) is 15.8. The third kappa shape index (κ3) is 8.88. The molecule has 0 fully saturated rings. The number of hydrogen-bond donors (Lipinski definition) is 0. The van der Waals surface area contributed by atoms with Gasteiger partial charge in [0.05, 0.1) is 0 Å². The molecule has 0 spiro atoms. The van der Waals surface area contributed by atoms with Crippen LogP contribution in [0.15, 0.2) is 0 Å². The predicted molar refractivity (Wildman–Crippen MR) is 17.5 cm³/mol. The fourth-order valence-corrected chi connectivity index (χ4v) is 0. The number of hydrogen-bond acceptors (Lipinski definition) is 1. The van der Waals surface area contributed by atoms with Crippen molar-refractivity contribution in [1.82, 2.24) is 0 Å². The van der Waals surface area contributed by atoms with Gasteiger partial charge in [-0.1, -0.05) is 0 Å². The molecule has 0 aromatic rings. The quantitative estimate of drug-likeness (QED) is 0.537. The first-order valence-electron chi connectivity index (χ1n) is 0.154. The van der Waals surface area contributed by atoms with Gasteiger partial charge in [0.15, 0.2) is 17.4 Å². The van der Waals surface area contributed by atoms with Gasteiger partial charge in [0.1, 0.15) is 0 Å². The second-order valence-electron chi connectivity index (χ2n) is 0. The van der Waals surface area contributed by atoms with E-state index >= 15 is 0 Å². The monoisotopic (exact) mass is 279 g/mol. The second-order valence-corrected chi connectivity index (χ2v) is 0. The summed E-state index contributed by atoms with van der Waals surface area (Å²) in [5.41, 5.74) is 0. The van der Waals surface area contributed by atoms with Gasteiger partial charge in [-0.3, -0.25) is 0 Å². The first-order chi connectivity index (χ1) is 1.00. The molecular weight excluding hydrogens is 276 g/mol. The van der Waals surface area contributed by atoms with Crippen molar-refractivity contribution in [3.63, 3.8) is 0 Å². The molecule has 0 N–H and O–H groups in total. The van der Waals surface area contributed by atoms with Crippen LogP contribution in [0.3, 0.4) is 0 Å². The summed E-state index contributed by atoms with van der Waals surface area (Å²) in [6, 6.07) is 0. The Morgan fingerprint density at radius 1 is 1.25 bits per heavy atom. The molecule has 0 atom stereocenters. The summed E-state index contributed by atoms with van der Waals surface area (Å²) in [6.45, 7) is 0. The molecular formula is H3AlEuSZn. The zero-order valence-corrected chi connectivity index (χ0v) is 7.70. The third-order valence-corrected chi connectivity index (χ3v) is 0. The van der Waals surface area contributed by atoms with Crippen LogP contribution in [0.2, 0.25) is 0 Å². The van der Waals surface area contributed by atoms with E-state index in [-0.39, 0.29) is 36.8 Å². The van der Waals surface area contributed by atoms with E-state index in [1.165, 1.54) is 44.2 Å². The zero-order chi connectivity index (χ0) is 2.00. The third-order valence-electron chi connectivity index (χ3n) is 0. The van der Waals surface area contributed by atoms with Crippen LogP contribution in [-0.2, 0) is 19.5 Å². The molecule has 0 aliphatic heterocycles. The molecule has 0 aliphatic rings. The Balaban J connectivity index is -0.00000000500. The van der Waals surface area contributed by atoms with Gasteiger partial charge < -0.3 is 0 Å². The van der Waals surface area contributed by atoms with E-state index in [2.05, 4.69) is 4.26 Å². The molecule has 0 heterocycles. The summed E-state index contributed by atoms with van der Waals surface area (Å²) in [5, 5.41) is 0. The van der Waals surface area contributed by atoms with Crippen molar-refractivity contribution in [1.29, 1.82) is 0 Å². The number of rotatable bonds is 0. The Morgan fingerprint density at radius 3 is 1.25 bits per heavy atom. The molecule has 0 nitrogen and oxygen atoms in total. The Bertz CT molecular complexity index is 8.00. The minimum Gasteiger partial charge on any atom is 0 e. The van der Waals surface area contributed by atoms with Crippen LogP contribution in [0.25, 0.3) is 0 Å². The molecule has 4 heavy (non-hydrogen) atoms. The largest absolute Gasteiger partial charge is 0 e. The summed E-state index contributed by atoms with van der Waals surface area (Å²) < 4.78 is 4.14. The van der Waals surface area contributed by atoms with Gasteiger partial charge in [-0.15, -0.1) is 0 Å². The molecule has 0 aromatic carbocycles. The molecule has 0 amide bonds. The van der Waals surface area contributed by atoms with E-state index in [0.29, 0.717) is 0 Å². The van der Waals surface area contributed by atoms with Crippen LogP contribution >= 0.6 is 4.26 Å². The average Bonchev–Trinajstić information content (AvgIpc) is 1.00. The molecule has 0 radical (unpaired) electrons. The Kier molecular flexibility index (Phi) is 66.0. The summed E-state index contributed by atoms with van der Waals surface area (Å²) in [7, 11) is 0. The van der Waals surface area contributed by atoms with Gasteiger partial charge in [-0.05, 0) is 0 Å². The molecule has 0 unspecified atom stereocenters. The van der Waals surface area contributed by atoms with Gasteiger partial charge in [0.2, 0.25) is 0 Å². The standard InChI is InChI=1S/Al.Eu.S.Zn.3H. The SMILES string of the molecule is [AlH3].[S]=[Eu].[Zn]. The fraction of sp³-hybridized carbons (Fsp3) is 0. The van der Waals surface area contributed by atoms with Crippen LogP contribution in [0.5, 0.6) is 0 Å². The van der Waals surface area contributed by atoms with Crippen molar-refractivity contribution in [3.8, 4) is 0 Å². The van der Waals surface area contributed by atoms with Crippen molar-refractivity contribution in [3.05, 3.63) is 0 Å². The van der Waals surface area contributed by atoms with E-state index in [0.717, 1.165) is 0 Å². The van der Waals surface area contributed by atoms with Gasteiger partial charge in [-0.25, -0.2) is 0 Å². The summed E-state index contributed by atoms with van der Waals surface area (Å²) >= 11 is 1.31. The fourth-order valence-electron chi connectivity index (χ4n) is 0. The molecule has 0 aromatic heterocycles. The Morgan fingerprint density at radius 2 is 1.25 bits per heavy atom.